The highest BCUT2D eigenvalue weighted by atomic mass is 16.5. The third kappa shape index (κ3) is 4.47. The van der Waals surface area contributed by atoms with Crippen LogP contribution in [0.25, 0.3) is 10.9 Å². The van der Waals surface area contributed by atoms with Crippen molar-refractivity contribution >= 4 is 22.5 Å². The van der Waals surface area contributed by atoms with Crippen molar-refractivity contribution in [3.63, 3.8) is 0 Å². The molecule has 1 aromatic heterocycles. The number of rotatable bonds is 7. The van der Waals surface area contributed by atoms with Crippen molar-refractivity contribution in [2.45, 2.75) is 13.0 Å². The van der Waals surface area contributed by atoms with E-state index in [9.17, 15) is 4.79 Å². The summed E-state index contributed by atoms with van der Waals surface area (Å²) in [5.41, 5.74) is 2.91. The number of aromatic nitrogens is 1. The number of carbonyl (C=O) groups is 1. The molecular formula is C20H21N3O2. The molecular weight excluding hydrogens is 314 g/mol. The number of hydrogen-bond acceptors (Lipinski definition) is 4. The van der Waals surface area contributed by atoms with Gasteiger partial charge in [0.15, 0.2) is 0 Å². The molecule has 128 valence electrons. The molecule has 0 aliphatic carbocycles. The zero-order chi connectivity index (χ0) is 17.5. The Bertz CT molecular complexity index is 842. The smallest absolute Gasteiger partial charge is 0.222 e. The van der Waals surface area contributed by atoms with E-state index < -0.39 is 0 Å². The lowest BCUT2D eigenvalue weighted by molar-refractivity contribution is -0.121. The molecule has 1 amide bonds. The van der Waals surface area contributed by atoms with E-state index in [0.29, 0.717) is 19.5 Å². The fraction of sp³-hybridized carbons (Fsp3) is 0.200. The summed E-state index contributed by atoms with van der Waals surface area (Å²) in [6.07, 6.45) is 2.18. The SMILES string of the molecule is COc1ccc(CNC(=O)CCNc2cccc3cccnc23)cc1. The van der Waals surface area contributed by atoms with Crippen molar-refractivity contribution < 1.29 is 9.53 Å². The first kappa shape index (κ1) is 16.8. The summed E-state index contributed by atoms with van der Waals surface area (Å²) >= 11 is 0. The van der Waals surface area contributed by atoms with Gasteiger partial charge in [-0.2, -0.15) is 0 Å². The van der Waals surface area contributed by atoms with Gasteiger partial charge in [0.2, 0.25) is 5.91 Å². The number of amides is 1. The lowest BCUT2D eigenvalue weighted by atomic mass is 10.2. The van der Waals surface area contributed by atoms with E-state index in [0.717, 1.165) is 27.9 Å². The Balaban J connectivity index is 1.47. The van der Waals surface area contributed by atoms with Crippen molar-refractivity contribution in [2.75, 3.05) is 19.0 Å². The van der Waals surface area contributed by atoms with Gasteiger partial charge in [-0.1, -0.05) is 30.3 Å². The lowest BCUT2D eigenvalue weighted by Gasteiger charge is -2.10. The van der Waals surface area contributed by atoms with Crippen LogP contribution in [0.5, 0.6) is 5.75 Å². The fourth-order valence-corrected chi connectivity index (χ4v) is 2.59. The monoisotopic (exact) mass is 335 g/mol. The summed E-state index contributed by atoms with van der Waals surface area (Å²) in [5.74, 6) is 0.819. The van der Waals surface area contributed by atoms with Gasteiger partial charge in [-0.3, -0.25) is 9.78 Å². The Labute approximate surface area is 147 Å². The number of nitrogens with one attached hydrogen (secondary N) is 2. The third-order valence-corrected chi connectivity index (χ3v) is 3.95. The Kier molecular flexibility index (Phi) is 5.46. The second-order valence-electron chi connectivity index (χ2n) is 5.68. The summed E-state index contributed by atoms with van der Waals surface area (Å²) in [6.45, 7) is 1.07. The fourth-order valence-electron chi connectivity index (χ4n) is 2.59. The predicted octanol–water partition coefficient (Wildman–Crippen LogP) is 3.36. The summed E-state index contributed by atoms with van der Waals surface area (Å²) in [4.78, 5) is 16.4. The summed E-state index contributed by atoms with van der Waals surface area (Å²) in [7, 11) is 1.63. The molecule has 0 bridgehead atoms. The van der Waals surface area contributed by atoms with Gasteiger partial charge in [-0.05, 0) is 29.8 Å². The van der Waals surface area contributed by atoms with E-state index in [2.05, 4.69) is 15.6 Å². The minimum atomic E-state index is 0.0107. The van der Waals surface area contributed by atoms with E-state index >= 15 is 0 Å². The molecule has 5 nitrogen and oxygen atoms in total. The van der Waals surface area contributed by atoms with Crippen molar-refractivity contribution in [1.82, 2.24) is 10.3 Å². The van der Waals surface area contributed by atoms with Gasteiger partial charge in [-0.15, -0.1) is 0 Å². The van der Waals surface area contributed by atoms with Crippen LogP contribution in [0, 0.1) is 0 Å². The van der Waals surface area contributed by atoms with E-state index in [-0.39, 0.29) is 5.91 Å². The van der Waals surface area contributed by atoms with Crippen LogP contribution < -0.4 is 15.4 Å². The molecule has 0 aliphatic heterocycles. The van der Waals surface area contributed by atoms with Crippen molar-refractivity contribution in [1.29, 1.82) is 0 Å². The standard InChI is InChI=1S/C20H21N3O2/c1-25-17-9-7-15(8-10-17)14-23-19(24)11-13-21-18-6-2-4-16-5-3-12-22-20(16)18/h2-10,12,21H,11,13-14H2,1H3,(H,23,24). The van der Waals surface area contributed by atoms with Gasteiger partial charge in [0.25, 0.3) is 0 Å². The van der Waals surface area contributed by atoms with Crippen LogP contribution in [0.2, 0.25) is 0 Å². The molecule has 0 aliphatic rings. The second kappa shape index (κ2) is 8.15. The zero-order valence-electron chi connectivity index (χ0n) is 14.2. The Morgan fingerprint density at radius 1 is 1.08 bits per heavy atom. The molecule has 0 unspecified atom stereocenters. The molecule has 0 fully saturated rings. The van der Waals surface area contributed by atoms with Crippen LogP contribution in [0.1, 0.15) is 12.0 Å². The largest absolute Gasteiger partial charge is 0.497 e. The zero-order valence-corrected chi connectivity index (χ0v) is 14.2. The van der Waals surface area contributed by atoms with Crippen molar-refractivity contribution in [3.05, 3.63) is 66.4 Å². The quantitative estimate of drug-likeness (QED) is 0.695. The molecule has 0 saturated heterocycles. The van der Waals surface area contributed by atoms with Gasteiger partial charge in [0.05, 0.1) is 18.3 Å². The molecule has 0 atom stereocenters. The van der Waals surface area contributed by atoms with Crippen LogP contribution in [0.3, 0.4) is 0 Å². The molecule has 0 saturated carbocycles. The number of ether oxygens (including phenoxy) is 1. The highest BCUT2D eigenvalue weighted by Crippen LogP contribution is 2.20. The number of carbonyl (C=O) groups excluding carboxylic acids is 1. The molecule has 25 heavy (non-hydrogen) atoms. The minimum absolute atomic E-state index is 0.0107. The molecule has 2 N–H and O–H groups in total. The Hall–Kier alpha value is -3.08. The Morgan fingerprint density at radius 3 is 2.68 bits per heavy atom. The number of methoxy groups -OCH3 is 1. The highest BCUT2D eigenvalue weighted by molar-refractivity contribution is 5.90. The first-order chi connectivity index (χ1) is 12.3. The maximum atomic E-state index is 12.0. The van der Waals surface area contributed by atoms with Gasteiger partial charge in [0, 0.05) is 31.1 Å². The van der Waals surface area contributed by atoms with Gasteiger partial charge >= 0.3 is 0 Å². The molecule has 3 aromatic rings. The van der Waals surface area contributed by atoms with Gasteiger partial charge in [0.1, 0.15) is 5.75 Å². The van der Waals surface area contributed by atoms with Crippen molar-refractivity contribution in [2.24, 2.45) is 0 Å². The van der Waals surface area contributed by atoms with Crippen molar-refractivity contribution in [3.8, 4) is 5.75 Å². The van der Waals surface area contributed by atoms with Crippen LogP contribution in [-0.2, 0) is 11.3 Å². The van der Waals surface area contributed by atoms with Gasteiger partial charge < -0.3 is 15.4 Å². The van der Waals surface area contributed by atoms with Gasteiger partial charge in [-0.25, -0.2) is 0 Å². The predicted molar refractivity (Wildman–Crippen MR) is 99.7 cm³/mol. The average molecular weight is 335 g/mol. The van der Waals surface area contributed by atoms with E-state index in [4.69, 9.17) is 4.74 Å². The summed E-state index contributed by atoms with van der Waals surface area (Å²) in [6, 6.07) is 17.6. The highest BCUT2D eigenvalue weighted by Gasteiger charge is 2.04. The number of hydrogen-bond donors (Lipinski definition) is 2. The maximum Gasteiger partial charge on any atom is 0.222 e. The third-order valence-electron chi connectivity index (χ3n) is 3.95. The molecule has 5 heteroatoms. The number of anilines is 1. The van der Waals surface area contributed by atoms with Crippen LogP contribution in [0.4, 0.5) is 5.69 Å². The molecule has 1 heterocycles. The Morgan fingerprint density at radius 2 is 1.88 bits per heavy atom. The molecule has 0 radical (unpaired) electrons. The van der Waals surface area contributed by atoms with E-state index in [1.165, 1.54) is 0 Å². The van der Waals surface area contributed by atoms with Crippen LogP contribution >= 0.6 is 0 Å². The number of pyridine rings is 1. The molecule has 2 aromatic carbocycles. The second-order valence-corrected chi connectivity index (χ2v) is 5.68. The number of para-hydroxylation sites is 1. The maximum absolute atomic E-state index is 12.0. The van der Waals surface area contributed by atoms with E-state index in [1.807, 2.05) is 54.6 Å². The lowest BCUT2D eigenvalue weighted by Crippen LogP contribution is -2.24. The number of nitrogens with zero attached hydrogens (tertiary/aromatic N) is 1. The molecule has 0 spiro atoms. The first-order valence-electron chi connectivity index (χ1n) is 8.23. The van der Waals surface area contributed by atoms with Crippen LogP contribution in [0.15, 0.2) is 60.8 Å². The molecule has 3 rings (SSSR count). The number of fused-ring (bicyclic) bond motifs is 1. The number of benzene rings is 2. The normalized spacial score (nSPS) is 10.4. The van der Waals surface area contributed by atoms with E-state index in [1.54, 1.807) is 13.3 Å². The summed E-state index contributed by atoms with van der Waals surface area (Å²) < 4.78 is 5.12. The summed E-state index contributed by atoms with van der Waals surface area (Å²) in [5, 5.41) is 7.30. The topological polar surface area (TPSA) is 63.2 Å². The average Bonchev–Trinajstić information content (AvgIpc) is 2.67. The minimum Gasteiger partial charge on any atom is -0.497 e. The van der Waals surface area contributed by atoms with Crippen LogP contribution in [-0.4, -0.2) is 24.5 Å². The first-order valence-corrected chi connectivity index (χ1v) is 8.23.